The van der Waals surface area contributed by atoms with Crippen molar-refractivity contribution >= 4 is 11.6 Å². The highest BCUT2D eigenvalue weighted by molar-refractivity contribution is 5.72. The first-order valence-electron chi connectivity index (χ1n) is 5.42. The summed E-state index contributed by atoms with van der Waals surface area (Å²) in [5.41, 5.74) is 0.966. The Balaban J connectivity index is 2.57. The molecule has 0 heterocycles. The van der Waals surface area contributed by atoms with E-state index in [0.29, 0.717) is 6.54 Å². The van der Waals surface area contributed by atoms with E-state index in [9.17, 15) is 9.90 Å². The lowest BCUT2D eigenvalue weighted by Gasteiger charge is -2.23. The maximum Gasteiger partial charge on any atom is 0.216 e. The first-order chi connectivity index (χ1) is 7.63. The lowest BCUT2D eigenvalue weighted by atomic mass is 10.2. The molecule has 0 unspecified atom stereocenters. The number of nitrogens with zero attached hydrogens (tertiary/aromatic N) is 1. The molecule has 1 aromatic carbocycles. The van der Waals surface area contributed by atoms with Gasteiger partial charge >= 0.3 is 0 Å². The number of benzene rings is 1. The van der Waals surface area contributed by atoms with Crippen molar-refractivity contribution in [1.29, 1.82) is 0 Å². The molecular formula is C12H18N2O2. The van der Waals surface area contributed by atoms with Crippen molar-refractivity contribution in [3.8, 4) is 5.75 Å². The van der Waals surface area contributed by atoms with Crippen LogP contribution in [0.5, 0.6) is 5.75 Å². The molecule has 4 heteroatoms. The van der Waals surface area contributed by atoms with Crippen LogP contribution in [0.4, 0.5) is 5.69 Å². The van der Waals surface area contributed by atoms with Gasteiger partial charge in [-0.1, -0.05) is 6.07 Å². The molecule has 16 heavy (non-hydrogen) atoms. The molecule has 0 aromatic heterocycles. The molecule has 1 aromatic rings. The molecule has 0 atom stereocenters. The Bertz CT molecular complexity index is 353. The van der Waals surface area contributed by atoms with E-state index in [-0.39, 0.29) is 11.7 Å². The summed E-state index contributed by atoms with van der Waals surface area (Å²) >= 11 is 0. The number of hydrogen-bond donors (Lipinski definition) is 2. The van der Waals surface area contributed by atoms with E-state index in [2.05, 4.69) is 10.2 Å². The minimum absolute atomic E-state index is 0.0213. The summed E-state index contributed by atoms with van der Waals surface area (Å²) in [6.45, 7) is 5.73. The number of carbonyl (C=O) groups excluding carboxylic acids is 1. The summed E-state index contributed by atoms with van der Waals surface area (Å²) < 4.78 is 0. The molecule has 0 bridgehead atoms. The Kier molecular flexibility index (Phi) is 4.64. The molecule has 1 amide bonds. The molecule has 0 aliphatic rings. The van der Waals surface area contributed by atoms with Gasteiger partial charge in [0.15, 0.2) is 0 Å². The van der Waals surface area contributed by atoms with Crippen LogP contribution in [0.2, 0.25) is 0 Å². The van der Waals surface area contributed by atoms with Gasteiger partial charge in [-0.25, -0.2) is 0 Å². The normalized spacial score (nSPS) is 9.88. The number of amides is 1. The highest BCUT2D eigenvalue weighted by Gasteiger charge is 2.04. The van der Waals surface area contributed by atoms with Crippen molar-refractivity contribution < 1.29 is 9.90 Å². The van der Waals surface area contributed by atoms with E-state index in [1.807, 2.05) is 19.1 Å². The molecule has 0 radical (unpaired) electrons. The SMILES string of the molecule is CCN(CCNC(C)=O)c1cccc(O)c1. The number of hydrogen-bond acceptors (Lipinski definition) is 3. The summed E-state index contributed by atoms with van der Waals surface area (Å²) in [5, 5.41) is 12.1. The molecule has 0 aliphatic heterocycles. The van der Waals surface area contributed by atoms with Crippen molar-refractivity contribution in [2.24, 2.45) is 0 Å². The topological polar surface area (TPSA) is 52.6 Å². The van der Waals surface area contributed by atoms with Gasteiger partial charge in [0.2, 0.25) is 5.91 Å². The molecule has 4 nitrogen and oxygen atoms in total. The minimum atomic E-state index is -0.0213. The third-order valence-electron chi connectivity index (χ3n) is 2.33. The lowest BCUT2D eigenvalue weighted by Crippen LogP contribution is -2.33. The van der Waals surface area contributed by atoms with Crippen molar-refractivity contribution in [2.45, 2.75) is 13.8 Å². The van der Waals surface area contributed by atoms with Gasteiger partial charge in [-0.15, -0.1) is 0 Å². The number of anilines is 1. The Morgan fingerprint density at radius 3 is 2.81 bits per heavy atom. The van der Waals surface area contributed by atoms with Crippen molar-refractivity contribution in [2.75, 3.05) is 24.5 Å². The zero-order valence-corrected chi connectivity index (χ0v) is 9.73. The molecule has 1 rings (SSSR count). The van der Waals surface area contributed by atoms with Crippen LogP contribution in [0.15, 0.2) is 24.3 Å². The Morgan fingerprint density at radius 2 is 2.25 bits per heavy atom. The highest BCUT2D eigenvalue weighted by atomic mass is 16.3. The zero-order chi connectivity index (χ0) is 12.0. The third-order valence-corrected chi connectivity index (χ3v) is 2.33. The van der Waals surface area contributed by atoms with Gasteiger partial charge in [-0.3, -0.25) is 4.79 Å². The number of nitrogens with one attached hydrogen (secondary N) is 1. The first-order valence-corrected chi connectivity index (χ1v) is 5.42. The fraction of sp³-hybridized carbons (Fsp3) is 0.417. The molecule has 0 saturated heterocycles. The van der Waals surface area contributed by atoms with Gasteiger partial charge < -0.3 is 15.3 Å². The number of rotatable bonds is 5. The van der Waals surface area contributed by atoms with Crippen molar-refractivity contribution in [3.05, 3.63) is 24.3 Å². The predicted octanol–water partition coefficient (Wildman–Crippen LogP) is 1.35. The molecule has 88 valence electrons. The zero-order valence-electron chi connectivity index (χ0n) is 9.73. The van der Waals surface area contributed by atoms with Gasteiger partial charge in [0.25, 0.3) is 0 Å². The quantitative estimate of drug-likeness (QED) is 0.790. The van der Waals surface area contributed by atoms with Crippen LogP contribution < -0.4 is 10.2 Å². The van der Waals surface area contributed by atoms with E-state index in [4.69, 9.17) is 0 Å². The largest absolute Gasteiger partial charge is 0.508 e. The second kappa shape index (κ2) is 6.00. The van der Waals surface area contributed by atoms with Crippen LogP contribution in [0, 0.1) is 0 Å². The van der Waals surface area contributed by atoms with Crippen molar-refractivity contribution in [3.63, 3.8) is 0 Å². The van der Waals surface area contributed by atoms with E-state index < -0.39 is 0 Å². The molecule has 2 N–H and O–H groups in total. The minimum Gasteiger partial charge on any atom is -0.508 e. The average molecular weight is 222 g/mol. The molecule has 0 aliphatic carbocycles. The Labute approximate surface area is 95.9 Å². The fourth-order valence-electron chi connectivity index (χ4n) is 1.53. The lowest BCUT2D eigenvalue weighted by molar-refractivity contribution is -0.118. The van der Waals surface area contributed by atoms with Crippen LogP contribution in [0.3, 0.4) is 0 Å². The third kappa shape index (κ3) is 3.81. The monoisotopic (exact) mass is 222 g/mol. The summed E-state index contributed by atoms with van der Waals surface area (Å²) in [7, 11) is 0. The number of phenols is 1. The molecule has 0 spiro atoms. The van der Waals surface area contributed by atoms with E-state index in [1.165, 1.54) is 6.92 Å². The second-order valence-corrected chi connectivity index (χ2v) is 3.58. The van der Waals surface area contributed by atoms with Crippen LogP contribution in [-0.2, 0) is 4.79 Å². The standard InChI is InChI=1S/C12H18N2O2/c1-3-14(8-7-13-10(2)15)11-5-4-6-12(16)9-11/h4-6,9,16H,3,7-8H2,1-2H3,(H,13,15). The van der Waals surface area contributed by atoms with Gasteiger partial charge in [0, 0.05) is 38.3 Å². The maximum atomic E-state index is 10.7. The van der Waals surface area contributed by atoms with Crippen LogP contribution in [0.25, 0.3) is 0 Å². The summed E-state index contributed by atoms with van der Waals surface area (Å²) in [6.07, 6.45) is 0. The summed E-state index contributed by atoms with van der Waals surface area (Å²) in [4.78, 5) is 12.8. The molecular weight excluding hydrogens is 204 g/mol. The first kappa shape index (κ1) is 12.4. The second-order valence-electron chi connectivity index (χ2n) is 3.58. The Morgan fingerprint density at radius 1 is 1.50 bits per heavy atom. The van der Waals surface area contributed by atoms with Gasteiger partial charge in [-0.05, 0) is 19.1 Å². The average Bonchev–Trinajstić information content (AvgIpc) is 2.24. The number of carbonyl (C=O) groups is 1. The summed E-state index contributed by atoms with van der Waals surface area (Å²) in [6, 6.07) is 7.12. The van der Waals surface area contributed by atoms with Crippen LogP contribution >= 0.6 is 0 Å². The van der Waals surface area contributed by atoms with Crippen LogP contribution in [0.1, 0.15) is 13.8 Å². The number of phenolic OH excluding ortho intramolecular Hbond substituents is 1. The molecule has 0 saturated carbocycles. The number of likely N-dealkylation sites (N-methyl/N-ethyl adjacent to an activating group) is 1. The van der Waals surface area contributed by atoms with Gasteiger partial charge in [-0.2, -0.15) is 0 Å². The Hall–Kier alpha value is -1.71. The fourth-order valence-corrected chi connectivity index (χ4v) is 1.53. The van der Waals surface area contributed by atoms with Gasteiger partial charge in [0.05, 0.1) is 0 Å². The molecule has 0 fully saturated rings. The van der Waals surface area contributed by atoms with Crippen LogP contribution in [-0.4, -0.2) is 30.6 Å². The van der Waals surface area contributed by atoms with E-state index in [1.54, 1.807) is 12.1 Å². The maximum absolute atomic E-state index is 10.7. The van der Waals surface area contributed by atoms with Gasteiger partial charge in [0.1, 0.15) is 5.75 Å². The smallest absolute Gasteiger partial charge is 0.216 e. The summed E-state index contributed by atoms with van der Waals surface area (Å²) in [5.74, 6) is 0.238. The van der Waals surface area contributed by atoms with E-state index in [0.717, 1.165) is 18.8 Å². The highest BCUT2D eigenvalue weighted by Crippen LogP contribution is 2.19. The van der Waals surface area contributed by atoms with E-state index >= 15 is 0 Å². The number of aromatic hydroxyl groups is 1. The van der Waals surface area contributed by atoms with Crippen molar-refractivity contribution in [1.82, 2.24) is 5.32 Å². The predicted molar refractivity (Wildman–Crippen MR) is 64.7 cm³/mol.